The number of primary amides is 2. The second-order valence-electron chi connectivity index (χ2n) is 14.8. The first kappa shape index (κ1) is 36.3. The molecule has 0 bridgehead atoms. The summed E-state index contributed by atoms with van der Waals surface area (Å²) in [6.07, 6.45) is 4.76. The number of nitrogens with two attached hydrogens (primary N) is 2. The first-order valence-corrected chi connectivity index (χ1v) is 18.3. The fourth-order valence-corrected chi connectivity index (χ4v) is 7.96. The van der Waals surface area contributed by atoms with Crippen molar-refractivity contribution in [3.63, 3.8) is 0 Å². The van der Waals surface area contributed by atoms with Crippen LogP contribution in [-0.4, -0.2) is 111 Å². The van der Waals surface area contributed by atoms with Gasteiger partial charge in [-0.2, -0.15) is 10.2 Å². The molecule has 288 valence electrons. The van der Waals surface area contributed by atoms with Crippen molar-refractivity contribution in [2.24, 2.45) is 23.3 Å². The Morgan fingerprint density at radius 2 is 1.09 bits per heavy atom. The number of hydrogen-bond acceptors (Lipinski definition) is 10. The number of likely N-dealkylation sites (tertiary alicyclic amines) is 2. The minimum Gasteiger partial charge on any atom is -0.369 e. The Kier molecular flexibility index (Phi) is 8.18. The molecule has 2 aliphatic heterocycles. The van der Waals surface area contributed by atoms with Crippen LogP contribution in [-0.2, 0) is 9.59 Å². The Bertz CT molecular complexity index is 2700. The Morgan fingerprint density at radius 3 is 1.45 bits per heavy atom. The van der Waals surface area contributed by atoms with Gasteiger partial charge in [-0.3, -0.25) is 19.2 Å². The van der Waals surface area contributed by atoms with Crippen LogP contribution in [0.4, 0.5) is 0 Å². The lowest BCUT2D eigenvalue weighted by atomic mass is 9.99. The van der Waals surface area contributed by atoms with Gasteiger partial charge in [0, 0.05) is 61.5 Å². The zero-order valence-electron chi connectivity index (χ0n) is 31.1. The van der Waals surface area contributed by atoms with E-state index in [1.807, 2.05) is 0 Å². The third-order valence-electron chi connectivity index (χ3n) is 11.2. The Labute approximate surface area is 330 Å². The third-order valence-corrected chi connectivity index (χ3v) is 11.2. The number of hydrogen-bond donors (Lipinski definition) is 4. The van der Waals surface area contributed by atoms with E-state index in [-0.39, 0.29) is 47.1 Å². The van der Waals surface area contributed by atoms with Crippen molar-refractivity contribution >= 4 is 45.7 Å². The minimum atomic E-state index is -1.63. The van der Waals surface area contributed by atoms with Crippen LogP contribution in [0.25, 0.3) is 33.4 Å². The first-order valence-electron chi connectivity index (χ1n) is 18.3. The van der Waals surface area contributed by atoms with E-state index in [1.54, 1.807) is 109 Å². The summed E-state index contributed by atoms with van der Waals surface area (Å²) in [4.78, 5) is 59.8. The van der Waals surface area contributed by atoms with Gasteiger partial charge in [-0.05, 0) is 73.5 Å². The van der Waals surface area contributed by atoms with Gasteiger partial charge in [0.1, 0.15) is 0 Å². The summed E-state index contributed by atoms with van der Waals surface area (Å²) >= 11 is 0. The molecule has 2 aliphatic carbocycles. The Morgan fingerprint density at radius 1 is 0.672 bits per heavy atom. The number of piperidine rings is 2. The van der Waals surface area contributed by atoms with Crippen molar-refractivity contribution in [1.82, 2.24) is 39.3 Å². The molecule has 6 atom stereocenters. The van der Waals surface area contributed by atoms with E-state index in [4.69, 9.17) is 11.5 Å². The third kappa shape index (κ3) is 5.73. The summed E-state index contributed by atoms with van der Waals surface area (Å²) < 4.78 is 3.06. The number of carbonyl (C=O) groups excluding carboxylic acids is 4. The van der Waals surface area contributed by atoms with Gasteiger partial charge < -0.3 is 31.5 Å². The molecule has 6 aromatic rings. The topological polar surface area (TPSA) is 229 Å². The van der Waals surface area contributed by atoms with E-state index in [2.05, 4.69) is 43.8 Å². The highest BCUT2D eigenvalue weighted by Crippen LogP contribution is 2.51. The average molecular weight is 775 g/mol. The van der Waals surface area contributed by atoms with Gasteiger partial charge in [0.25, 0.3) is 23.6 Å². The Balaban J connectivity index is 0.000000150. The molecule has 0 unspecified atom stereocenters. The molecule has 16 nitrogen and oxygen atoms in total. The van der Waals surface area contributed by atoms with Crippen molar-refractivity contribution in [3.05, 3.63) is 108 Å². The SMILES string of the molecule is CN1C(=O)[C@](O)(C#Cc2cccc(-n3nc(C(N)=O)c4cccnc43)c2)[C@@H]2C[C@@H]21.CN1C(=O)[C@](O)(C#Cc2cccc(-n3nc(C(N)=O)c4cccnc43)c2)[C@H]2C[C@H]21. The molecular formula is C42H34N10O6. The van der Waals surface area contributed by atoms with Crippen LogP contribution >= 0.6 is 0 Å². The summed E-state index contributed by atoms with van der Waals surface area (Å²) in [5.74, 6) is 9.17. The summed E-state index contributed by atoms with van der Waals surface area (Å²) in [6.45, 7) is 0. The van der Waals surface area contributed by atoms with Crippen LogP contribution in [0.3, 0.4) is 0 Å². The van der Waals surface area contributed by atoms with Gasteiger partial charge in [-0.1, -0.05) is 35.8 Å². The van der Waals surface area contributed by atoms with Gasteiger partial charge in [0.2, 0.25) is 11.2 Å². The number of benzene rings is 2. The number of aliphatic hydroxyl groups is 2. The smallest absolute Gasteiger partial charge is 0.269 e. The number of aromatic nitrogens is 6. The molecule has 6 N–H and O–H groups in total. The maximum atomic E-state index is 12.3. The summed E-state index contributed by atoms with van der Waals surface area (Å²) in [7, 11) is 3.39. The van der Waals surface area contributed by atoms with Crippen molar-refractivity contribution in [2.45, 2.75) is 36.1 Å². The quantitative estimate of drug-likeness (QED) is 0.185. The lowest BCUT2D eigenvalue weighted by Gasteiger charge is -2.18. The van der Waals surface area contributed by atoms with Crippen molar-refractivity contribution in [1.29, 1.82) is 0 Å². The maximum absolute atomic E-state index is 12.3. The van der Waals surface area contributed by atoms with Crippen molar-refractivity contribution in [3.8, 4) is 35.1 Å². The minimum absolute atomic E-state index is 0.0851. The fourth-order valence-electron chi connectivity index (χ4n) is 7.96. The van der Waals surface area contributed by atoms with Crippen molar-refractivity contribution < 1.29 is 29.4 Å². The molecule has 4 amide bonds. The molecule has 2 aromatic carbocycles. The average Bonchev–Trinajstić information content (AvgIpc) is 4.12. The molecule has 0 spiro atoms. The zero-order valence-corrected chi connectivity index (χ0v) is 31.1. The molecule has 2 saturated carbocycles. The van der Waals surface area contributed by atoms with Gasteiger partial charge in [-0.15, -0.1) is 0 Å². The normalized spacial score (nSPS) is 24.9. The number of fused-ring (bicyclic) bond motifs is 4. The predicted molar refractivity (Wildman–Crippen MR) is 208 cm³/mol. The lowest BCUT2D eigenvalue weighted by molar-refractivity contribution is -0.141. The highest BCUT2D eigenvalue weighted by atomic mass is 16.3. The van der Waals surface area contributed by atoms with Crippen LogP contribution in [0.1, 0.15) is 44.9 Å². The molecule has 2 saturated heterocycles. The molecule has 6 heterocycles. The van der Waals surface area contributed by atoms with E-state index >= 15 is 0 Å². The van der Waals surface area contributed by atoms with E-state index < -0.39 is 23.0 Å². The molecule has 4 fully saturated rings. The summed E-state index contributed by atoms with van der Waals surface area (Å²) in [6, 6.07) is 21.3. The van der Waals surface area contributed by atoms with Crippen LogP contribution in [0.15, 0.2) is 85.2 Å². The van der Waals surface area contributed by atoms with Gasteiger partial charge in [0.15, 0.2) is 22.7 Å². The second kappa shape index (κ2) is 13.1. The van der Waals surface area contributed by atoms with E-state index in [0.717, 1.165) is 12.8 Å². The number of pyridine rings is 2. The van der Waals surface area contributed by atoms with Crippen LogP contribution in [0.2, 0.25) is 0 Å². The van der Waals surface area contributed by atoms with E-state index in [0.29, 0.717) is 44.6 Å². The van der Waals surface area contributed by atoms with Crippen LogP contribution < -0.4 is 11.5 Å². The first-order chi connectivity index (χ1) is 27.8. The highest BCUT2D eigenvalue weighted by Gasteiger charge is 2.66. The highest BCUT2D eigenvalue weighted by molar-refractivity contribution is 6.04. The van der Waals surface area contributed by atoms with Gasteiger partial charge in [0.05, 0.1) is 22.1 Å². The number of carbonyl (C=O) groups is 4. The van der Waals surface area contributed by atoms with Crippen LogP contribution in [0, 0.1) is 35.5 Å². The predicted octanol–water partition coefficient (Wildman–Crippen LogP) is 0.925. The second-order valence-corrected chi connectivity index (χ2v) is 14.8. The molecule has 10 rings (SSSR count). The maximum Gasteiger partial charge on any atom is 0.269 e. The number of likely N-dealkylation sites (N-methyl/N-ethyl adjacent to an activating group) is 2. The van der Waals surface area contributed by atoms with Crippen molar-refractivity contribution in [2.75, 3.05) is 14.1 Å². The lowest BCUT2D eigenvalue weighted by Crippen LogP contribution is -2.41. The number of nitrogens with zero attached hydrogens (tertiary/aromatic N) is 8. The number of rotatable bonds is 4. The molecule has 0 radical (unpaired) electrons. The fraction of sp³-hybridized carbons (Fsp3) is 0.238. The van der Waals surface area contributed by atoms with E-state index in [1.165, 1.54) is 9.36 Å². The monoisotopic (exact) mass is 774 g/mol. The van der Waals surface area contributed by atoms with Gasteiger partial charge >= 0.3 is 0 Å². The van der Waals surface area contributed by atoms with E-state index in [9.17, 15) is 29.4 Å². The molecule has 16 heteroatoms. The number of amides is 4. The van der Waals surface area contributed by atoms with Gasteiger partial charge in [-0.25, -0.2) is 19.3 Å². The zero-order chi connectivity index (χ0) is 40.7. The largest absolute Gasteiger partial charge is 0.369 e. The molecule has 58 heavy (non-hydrogen) atoms. The summed E-state index contributed by atoms with van der Waals surface area (Å²) in [5.41, 5.74) is 11.4. The molecule has 4 aliphatic rings. The molecule has 4 aromatic heterocycles. The van der Waals surface area contributed by atoms with Crippen LogP contribution in [0.5, 0.6) is 0 Å². The molecular weight excluding hydrogens is 741 g/mol. The summed E-state index contributed by atoms with van der Waals surface area (Å²) in [5, 5.41) is 31.2. The standard InChI is InChI=1S/2C21H17N5O3/c2*1-25-16-11-15(16)21(29,20(25)28)8-7-12-4-2-5-13(10-12)26-19-14(6-3-9-23-19)17(24-26)18(22)27/h2*2-6,9-10,15-16,29H,11H2,1H3,(H2,22,27)/t15-,16+,21+;15-,16+,21-/m10/s1. The Hall–Kier alpha value is -7.40.